The van der Waals surface area contributed by atoms with Gasteiger partial charge in [0.2, 0.25) is 0 Å². The molecule has 3 nitrogen and oxygen atoms in total. The first kappa shape index (κ1) is 16.0. The first-order valence-corrected chi connectivity index (χ1v) is 7.20. The van der Waals surface area contributed by atoms with Crippen molar-refractivity contribution in [3.63, 3.8) is 0 Å². The van der Waals surface area contributed by atoms with E-state index in [4.69, 9.17) is 15.2 Å². The zero-order valence-corrected chi connectivity index (χ0v) is 12.4. The van der Waals surface area contributed by atoms with E-state index in [0.717, 1.165) is 30.8 Å². The molecule has 108 valence electrons. The summed E-state index contributed by atoms with van der Waals surface area (Å²) in [5.74, 6) is 1.56. The van der Waals surface area contributed by atoms with E-state index < -0.39 is 0 Å². The first-order chi connectivity index (χ1) is 9.15. The zero-order valence-electron chi connectivity index (χ0n) is 12.4. The Bertz CT molecular complexity index is 352. The highest BCUT2D eigenvalue weighted by molar-refractivity contribution is 5.35. The van der Waals surface area contributed by atoms with Crippen LogP contribution in [0.4, 0.5) is 0 Å². The molecule has 0 aliphatic carbocycles. The summed E-state index contributed by atoms with van der Waals surface area (Å²) >= 11 is 0. The monoisotopic (exact) mass is 265 g/mol. The summed E-state index contributed by atoms with van der Waals surface area (Å²) in [6, 6.07) is 8.01. The second kappa shape index (κ2) is 8.94. The van der Waals surface area contributed by atoms with E-state index in [1.54, 1.807) is 0 Å². The normalized spacial score (nSPS) is 12.7. The molecule has 1 atom stereocenters. The van der Waals surface area contributed by atoms with Crippen molar-refractivity contribution in [1.29, 1.82) is 0 Å². The van der Waals surface area contributed by atoms with E-state index in [0.29, 0.717) is 19.1 Å². The molecular formula is C16H27NO2. The molecule has 2 N–H and O–H groups in total. The van der Waals surface area contributed by atoms with Crippen LogP contribution in [0.3, 0.4) is 0 Å². The molecule has 19 heavy (non-hydrogen) atoms. The van der Waals surface area contributed by atoms with Gasteiger partial charge in [0, 0.05) is 18.2 Å². The highest BCUT2D eigenvalue weighted by Gasteiger charge is 2.09. The minimum atomic E-state index is 0.0399. The van der Waals surface area contributed by atoms with Gasteiger partial charge in [0.15, 0.2) is 0 Å². The van der Waals surface area contributed by atoms with Crippen molar-refractivity contribution in [3.8, 4) is 5.75 Å². The highest BCUT2D eigenvalue weighted by Crippen LogP contribution is 2.25. The minimum Gasteiger partial charge on any atom is -0.491 e. The van der Waals surface area contributed by atoms with Crippen molar-refractivity contribution in [1.82, 2.24) is 0 Å². The SMILES string of the molecule is CC[C@@H](N)c1ccccc1OCCOCCC(C)C. The molecule has 0 heterocycles. The molecule has 0 spiro atoms. The van der Waals surface area contributed by atoms with Crippen LogP contribution in [0.15, 0.2) is 24.3 Å². The molecule has 0 bridgehead atoms. The lowest BCUT2D eigenvalue weighted by Crippen LogP contribution is -2.13. The third-order valence-electron chi connectivity index (χ3n) is 3.08. The minimum absolute atomic E-state index is 0.0399. The van der Waals surface area contributed by atoms with Crippen molar-refractivity contribution < 1.29 is 9.47 Å². The van der Waals surface area contributed by atoms with Gasteiger partial charge in [0.1, 0.15) is 12.4 Å². The zero-order chi connectivity index (χ0) is 14.1. The molecule has 1 rings (SSSR count). The van der Waals surface area contributed by atoms with Gasteiger partial charge in [-0.25, -0.2) is 0 Å². The molecule has 0 fully saturated rings. The Morgan fingerprint density at radius 1 is 1.11 bits per heavy atom. The van der Waals surface area contributed by atoms with Gasteiger partial charge in [0.25, 0.3) is 0 Å². The van der Waals surface area contributed by atoms with Gasteiger partial charge in [-0.2, -0.15) is 0 Å². The van der Waals surface area contributed by atoms with Crippen LogP contribution < -0.4 is 10.5 Å². The Labute approximate surface area is 117 Å². The van der Waals surface area contributed by atoms with Crippen LogP contribution in [0.2, 0.25) is 0 Å². The molecule has 1 aromatic rings. The fraction of sp³-hybridized carbons (Fsp3) is 0.625. The van der Waals surface area contributed by atoms with E-state index in [9.17, 15) is 0 Å². The van der Waals surface area contributed by atoms with Gasteiger partial charge in [0.05, 0.1) is 6.61 Å². The number of ether oxygens (including phenoxy) is 2. The summed E-state index contributed by atoms with van der Waals surface area (Å²) < 4.78 is 11.3. The average Bonchev–Trinajstić information content (AvgIpc) is 2.42. The van der Waals surface area contributed by atoms with Crippen molar-refractivity contribution in [3.05, 3.63) is 29.8 Å². The van der Waals surface area contributed by atoms with Gasteiger partial charge >= 0.3 is 0 Å². The summed E-state index contributed by atoms with van der Waals surface area (Å²) in [5.41, 5.74) is 7.15. The van der Waals surface area contributed by atoms with Gasteiger partial charge in [-0.1, -0.05) is 39.0 Å². The Morgan fingerprint density at radius 2 is 1.84 bits per heavy atom. The average molecular weight is 265 g/mol. The maximum Gasteiger partial charge on any atom is 0.124 e. The second-order valence-electron chi connectivity index (χ2n) is 5.20. The van der Waals surface area contributed by atoms with Crippen LogP contribution in [-0.2, 0) is 4.74 Å². The molecule has 0 saturated heterocycles. The highest BCUT2D eigenvalue weighted by atomic mass is 16.5. The Morgan fingerprint density at radius 3 is 2.53 bits per heavy atom. The smallest absolute Gasteiger partial charge is 0.124 e. The lowest BCUT2D eigenvalue weighted by Gasteiger charge is -2.15. The predicted octanol–water partition coefficient (Wildman–Crippen LogP) is 3.54. The molecule has 0 unspecified atom stereocenters. The van der Waals surface area contributed by atoms with Crippen LogP contribution in [0.1, 0.15) is 45.2 Å². The number of hydrogen-bond donors (Lipinski definition) is 1. The molecule has 0 radical (unpaired) electrons. The standard InChI is InChI=1S/C16H27NO2/c1-4-15(17)14-7-5-6-8-16(14)19-12-11-18-10-9-13(2)3/h5-8,13,15H,4,9-12,17H2,1-3H3/t15-/m1/s1. The van der Waals surface area contributed by atoms with Crippen LogP contribution in [0, 0.1) is 5.92 Å². The summed E-state index contributed by atoms with van der Waals surface area (Å²) in [6.45, 7) is 8.48. The topological polar surface area (TPSA) is 44.5 Å². The fourth-order valence-corrected chi connectivity index (χ4v) is 1.77. The summed E-state index contributed by atoms with van der Waals surface area (Å²) in [5, 5.41) is 0. The maximum absolute atomic E-state index is 6.07. The molecule has 0 aromatic heterocycles. The van der Waals surface area contributed by atoms with Crippen LogP contribution >= 0.6 is 0 Å². The van der Waals surface area contributed by atoms with Crippen molar-refractivity contribution in [2.75, 3.05) is 19.8 Å². The lowest BCUT2D eigenvalue weighted by molar-refractivity contribution is 0.0921. The quantitative estimate of drug-likeness (QED) is 0.695. The molecule has 0 aliphatic heterocycles. The van der Waals surface area contributed by atoms with Crippen molar-refractivity contribution >= 4 is 0 Å². The number of hydrogen-bond acceptors (Lipinski definition) is 3. The Hall–Kier alpha value is -1.06. The molecule has 0 saturated carbocycles. The van der Waals surface area contributed by atoms with E-state index in [2.05, 4.69) is 20.8 Å². The summed E-state index contributed by atoms with van der Waals surface area (Å²) in [7, 11) is 0. The van der Waals surface area contributed by atoms with Crippen LogP contribution in [0.25, 0.3) is 0 Å². The summed E-state index contributed by atoms with van der Waals surface area (Å²) in [4.78, 5) is 0. The fourth-order valence-electron chi connectivity index (χ4n) is 1.77. The van der Waals surface area contributed by atoms with Gasteiger partial charge < -0.3 is 15.2 Å². The largest absolute Gasteiger partial charge is 0.491 e. The molecule has 3 heteroatoms. The van der Waals surface area contributed by atoms with E-state index in [1.807, 2.05) is 24.3 Å². The maximum atomic E-state index is 6.07. The van der Waals surface area contributed by atoms with E-state index in [-0.39, 0.29) is 6.04 Å². The number of benzene rings is 1. The predicted molar refractivity (Wildman–Crippen MR) is 79.4 cm³/mol. The van der Waals surface area contributed by atoms with Crippen LogP contribution in [0.5, 0.6) is 5.75 Å². The van der Waals surface area contributed by atoms with E-state index in [1.165, 1.54) is 0 Å². The van der Waals surface area contributed by atoms with Crippen molar-refractivity contribution in [2.24, 2.45) is 11.7 Å². The lowest BCUT2D eigenvalue weighted by atomic mass is 10.0. The second-order valence-corrected chi connectivity index (χ2v) is 5.20. The molecular weight excluding hydrogens is 238 g/mol. The molecule has 0 aliphatic rings. The summed E-state index contributed by atoms with van der Waals surface area (Å²) in [6.07, 6.45) is 2.00. The number of rotatable bonds is 9. The van der Waals surface area contributed by atoms with E-state index >= 15 is 0 Å². The number of nitrogens with two attached hydrogens (primary N) is 1. The molecule has 1 aromatic carbocycles. The van der Waals surface area contributed by atoms with Crippen molar-refractivity contribution in [2.45, 2.75) is 39.7 Å². The van der Waals surface area contributed by atoms with Gasteiger partial charge in [-0.3, -0.25) is 0 Å². The Balaban J connectivity index is 2.33. The third-order valence-corrected chi connectivity index (χ3v) is 3.08. The molecule has 0 amide bonds. The number of para-hydroxylation sites is 1. The Kier molecular flexibility index (Phi) is 7.53. The van der Waals surface area contributed by atoms with Gasteiger partial charge in [-0.15, -0.1) is 0 Å². The third kappa shape index (κ3) is 6.08. The van der Waals surface area contributed by atoms with Gasteiger partial charge in [-0.05, 0) is 24.8 Å². The van der Waals surface area contributed by atoms with Crippen LogP contribution in [-0.4, -0.2) is 19.8 Å². The first-order valence-electron chi connectivity index (χ1n) is 7.20.